The van der Waals surface area contributed by atoms with Gasteiger partial charge in [0, 0.05) is 5.69 Å². The molecule has 16 heavy (non-hydrogen) atoms. The van der Waals surface area contributed by atoms with Crippen LogP contribution in [0.3, 0.4) is 0 Å². The van der Waals surface area contributed by atoms with Crippen LogP contribution in [0.5, 0.6) is 0 Å². The van der Waals surface area contributed by atoms with Crippen LogP contribution in [0.1, 0.15) is 24.2 Å². The molecule has 4 heteroatoms. The van der Waals surface area contributed by atoms with E-state index in [-0.39, 0.29) is 6.61 Å². The van der Waals surface area contributed by atoms with Crippen LogP contribution in [0, 0.1) is 0 Å². The number of hydrogen-bond donors (Lipinski definition) is 2. The quantitative estimate of drug-likeness (QED) is 0.762. The van der Waals surface area contributed by atoms with Crippen molar-refractivity contribution in [2.75, 3.05) is 19.0 Å². The molecule has 2 N–H and O–H groups in total. The van der Waals surface area contributed by atoms with Crippen molar-refractivity contribution in [2.45, 2.75) is 19.4 Å². The molecule has 0 bridgehead atoms. The molecule has 4 nitrogen and oxygen atoms in total. The summed E-state index contributed by atoms with van der Waals surface area (Å²) in [6.07, 6.45) is 0. The van der Waals surface area contributed by atoms with Gasteiger partial charge in [0.25, 0.3) is 0 Å². The molecule has 0 aliphatic rings. The van der Waals surface area contributed by atoms with Crippen molar-refractivity contribution in [3.63, 3.8) is 0 Å². The van der Waals surface area contributed by atoms with Gasteiger partial charge in [0.15, 0.2) is 0 Å². The van der Waals surface area contributed by atoms with Crippen LogP contribution >= 0.6 is 0 Å². The van der Waals surface area contributed by atoms with Crippen molar-refractivity contribution >= 4 is 11.7 Å². The normalized spacial score (nSPS) is 11.0. The molecule has 1 rings (SSSR count). The number of hydrogen-bond acceptors (Lipinski definition) is 4. The lowest BCUT2D eigenvalue weighted by molar-refractivity contribution is 0.0601. The number of ether oxygens (including phenoxy) is 1. The zero-order valence-electron chi connectivity index (χ0n) is 9.78. The molecule has 1 aromatic rings. The smallest absolute Gasteiger partial charge is 0.339 e. The zero-order valence-corrected chi connectivity index (χ0v) is 9.78. The topological polar surface area (TPSA) is 58.6 Å². The second kappa shape index (κ2) is 4.99. The van der Waals surface area contributed by atoms with Crippen LogP contribution < -0.4 is 5.32 Å². The molecule has 1 aromatic carbocycles. The molecular weight excluding hydrogens is 206 g/mol. The summed E-state index contributed by atoms with van der Waals surface area (Å²) in [5, 5.41) is 12.3. The van der Waals surface area contributed by atoms with Crippen molar-refractivity contribution in [3.8, 4) is 0 Å². The first kappa shape index (κ1) is 12.5. The number of para-hydroxylation sites is 1. The van der Waals surface area contributed by atoms with Gasteiger partial charge in [-0.05, 0) is 26.0 Å². The molecule has 0 spiro atoms. The fourth-order valence-corrected chi connectivity index (χ4v) is 1.28. The monoisotopic (exact) mass is 223 g/mol. The highest BCUT2D eigenvalue weighted by molar-refractivity contribution is 5.95. The van der Waals surface area contributed by atoms with Crippen molar-refractivity contribution in [3.05, 3.63) is 29.8 Å². The SMILES string of the molecule is COC(=O)c1ccccc1NC(C)(C)CO. The van der Waals surface area contributed by atoms with Crippen molar-refractivity contribution in [1.82, 2.24) is 0 Å². The van der Waals surface area contributed by atoms with Gasteiger partial charge in [-0.3, -0.25) is 0 Å². The molecule has 0 amide bonds. The maximum atomic E-state index is 11.5. The second-order valence-corrected chi connectivity index (χ2v) is 4.20. The maximum Gasteiger partial charge on any atom is 0.339 e. The highest BCUT2D eigenvalue weighted by Crippen LogP contribution is 2.20. The van der Waals surface area contributed by atoms with E-state index in [0.29, 0.717) is 11.3 Å². The van der Waals surface area contributed by atoms with Gasteiger partial charge >= 0.3 is 5.97 Å². The molecule has 0 unspecified atom stereocenters. The molecular formula is C12H17NO3. The van der Waals surface area contributed by atoms with E-state index in [1.807, 2.05) is 19.9 Å². The predicted molar refractivity (Wildman–Crippen MR) is 62.6 cm³/mol. The Morgan fingerprint density at radius 2 is 2.06 bits per heavy atom. The third-order valence-corrected chi connectivity index (χ3v) is 2.20. The largest absolute Gasteiger partial charge is 0.465 e. The fourth-order valence-electron chi connectivity index (χ4n) is 1.28. The van der Waals surface area contributed by atoms with E-state index < -0.39 is 11.5 Å². The lowest BCUT2D eigenvalue weighted by atomic mass is 10.0. The van der Waals surface area contributed by atoms with Crippen LogP contribution in [0.25, 0.3) is 0 Å². The summed E-state index contributed by atoms with van der Waals surface area (Å²) >= 11 is 0. The van der Waals surface area contributed by atoms with Gasteiger partial charge in [0.2, 0.25) is 0 Å². The number of nitrogens with one attached hydrogen (secondary N) is 1. The number of rotatable bonds is 4. The van der Waals surface area contributed by atoms with E-state index in [1.54, 1.807) is 18.2 Å². The minimum absolute atomic E-state index is 0.0253. The molecule has 0 fully saturated rings. The van der Waals surface area contributed by atoms with Crippen LogP contribution in [0.4, 0.5) is 5.69 Å². The van der Waals surface area contributed by atoms with E-state index in [4.69, 9.17) is 5.11 Å². The van der Waals surface area contributed by atoms with Gasteiger partial charge in [-0.2, -0.15) is 0 Å². The van der Waals surface area contributed by atoms with Gasteiger partial charge in [0.05, 0.1) is 24.8 Å². The first-order valence-electron chi connectivity index (χ1n) is 5.06. The highest BCUT2D eigenvalue weighted by Gasteiger charge is 2.19. The summed E-state index contributed by atoms with van der Waals surface area (Å²) in [6.45, 7) is 3.67. The van der Waals surface area contributed by atoms with Crippen molar-refractivity contribution in [1.29, 1.82) is 0 Å². The molecule has 0 saturated heterocycles. The lowest BCUT2D eigenvalue weighted by Crippen LogP contribution is -2.35. The standard InChI is InChI=1S/C12H17NO3/c1-12(2,8-14)13-10-7-5-4-6-9(10)11(15)16-3/h4-7,13-14H,8H2,1-3H3. The van der Waals surface area contributed by atoms with Crippen LogP contribution in [-0.4, -0.2) is 30.3 Å². The van der Waals surface area contributed by atoms with Crippen LogP contribution in [0.2, 0.25) is 0 Å². The van der Waals surface area contributed by atoms with E-state index in [2.05, 4.69) is 10.1 Å². The predicted octanol–water partition coefficient (Wildman–Crippen LogP) is 1.66. The number of carbonyl (C=O) groups is 1. The van der Waals surface area contributed by atoms with E-state index in [0.717, 1.165) is 0 Å². The molecule has 0 atom stereocenters. The molecule has 0 aliphatic heterocycles. The summed E-state index contributed by atoms with van der Waals surface area (Å²) in [4.78, 5) is 11.5. The summed E-state index contributed by atoms with van der Waals surface area (Å²) in [5.74, 6) is -0.392. The van der Waals surface area contributed by atoms with E-state index in [1.165, 1.54) is 7.11 Å². The van der Waals surface area contributed by atoms with Gasteiger partial charge in [0.1, 0.15) is 0 Å². The van der Waals surface area contributed by atoms with Gasteiger partial charge in [-0.1, -0.05) is 12.1 Å². The summed E-state index contributed by atoms with van der Waals surface area (Å²) in [6, 6.07) is 7.05. The number of benzene rings is 1. The van der Waals surface area contributed by atoms with Crippen molar-refractivity contribution in [2.24, 2.45) is 0 Å². The van der Waals surface area contributed by atoms with Crippen LogP contribution in [0.15, 0.2) is 24.3 Å². The van der Waals surface area contributed by atoms with E-state index in [9.17, 15) is 4.79 Å². The number of aliphatic hydroxyl groups is 1. The first-order chi connectivity index (χ1) is 7.50. The van der Waals surface area contributed by atoms with Gasteiger partial charge in [-0.25, -0.2) is 4.79 Å². The lowest BCUT2D eigenvalue weighted by Gasteiger charge is -2.26. The number of carbonyl (C=O) groups excluding carboxylic acids is 1. The van der Waals surface area contributed by atoms with Crippen LogP contribution in [-0.2, 0) is 4.74 Å². The Bertz CT molecular complexity index is 374. The van der Waals surface area contributed by atoms with Crippen molar-refractivity contribution < 1.29 is 14.6 Å². The molecule has 88 valence electrons. The Morgan fingerprint density at radius 3 is 2.62 bits per heavy atom. The second-order valence-electron chi connectivity index (χ2n) is 4.20. The average Bonchev–Trinajstić information content (AvgIpc) is 2.28. The van der Waals surface area contributed by atoms with E-state index >= 15 is 0 Å². The summed E-state index contributed by atoms with van der Waals surface area (Å²) < 4.78 is 4.68. The average molecular weight is 223 g/mol. The third kappa shape index (κ3) is 2.97. The minimum atomic E-state index is -0.482. The maximum absolute atomic E-state index is 11.5. The summed E-state index contributed by atoms with van der Waals surface area (Å²) in [7, 11) is 1.34. The number of methoxy groups -OCH3 is 1. The highest BCUT2D eigenvalue weighted by atomic mass is 16.5. The number of esters is 1. The molecule has 0 aliphatic carbocycles. The minimum Gasteiger partial charge on any atom is -0.465 e. The molecule has 0 aromatic heterocycles. The molecule has 0 radical (unpaired) electrons. The fraction of sp³-hybridized carbons (Fsp3) is 0.417. The van der Waals surface area contributed by atoms with Gasteiger partial charge < -0.3 is 15.2 Å². The van der Waals surface area contributed by atoms with Gasteiger partial charge in [-0.15, -0.1) is 0 Å². The Balaban J connectivity index is 3.00. The Morgan fingerprint density at radius 1 is 1.44 bits per heavy atom. The molecule has 0 saturated carbocycles. The Labute approximate surface area is 95.2 Å². The Hall–Kier alpha value is -1.55. The zero-order chi connectivity index (χ0) is 12.2. The molecule has 0 heterocycles. The first-order valence-corrected chi connectivity index (χ1v) is 5.06. The third-order valence-electron chi connectivity index (χ3n) is 2.20. The Kier molecular flexibility index (Phi) is 3.90. The number of aliphatic hydroxyl groups excluding tert-OH is 1. The summed E-state index contributed by atoms with van der Waals surface area (Å²) in [5.41, 5.74) is 0.643. The number of anilines is 1.